The van der Waals surface area contributed by atoms with E-state index in [1.807, 2.05) is 17.5 Å². The lowest BCUT2D eigenvalue weighted by molar-refractivity contribution is -0.0328. The Labute approximate surface area is 111 Å². The number of halogens is 3. The molecule has 0 aliphatic carbocycles. The van der Waals surface area contributed by atoms with Crippen molar-refractivity contribution in [1.82, 2.24) is 0 Å². The van der Waals surface area contributed by atoms with Gasteiger partial charge in [-0.1, -0.05) is 18.2 Å². The lowest BCUT2D eigenvalue weighted by Gasteiger charge is -2.11. The van der Waals surface area contributed by atoms with Crippen LogP contribution in [0.15, 0.2) is 46.7 Å². The summed E-state index contributed by atoms with van der Waals surface area (Å²) in [6.07, 6.45) is 0. The van der Waals surface area contributed by atoms with Crippen LogP contribution < -0.4 is 5.73 Å². The Balaban J connectivity index is 2.13. The second-order valence-corrected chi connectivity index (χ2v) is 5.73. The molecule has 1 heterocycles. The van der Waals surface area contributed by atoms with E-state index in [4.69, 9.17) is 5.73 Å². The Morgan fingerprint density at radius 2 is 1.78 bits per heavy atom. The minimum absolute atomic E-state index is 0.120. The van der Waals surface area contributed by atoms with E-state index >= 15 is 0 Å². The van der Waals surface area contributed by atoms with E-state index in [1.165, 1.54) is 23.5 Å². The number of rotatable bonds is 3. The Hall–Kier alpha value is -0.980. The molecule has 0 fully saturated rings. The van der Waals surface area contributed by atoms with Gasteiger partial charge in [0.15, 0.2) is 0 Å². The van der Waals surface area contributed by atoms with Gasteiger partial charge in [0.1, 0.15) is 0 Å². The molecule has 1 aromatic heterocycles. The molecule has 0 radical (unpaired) electrons. The van der Waals surface area contributed by atoms with Crippen LogP contribution in [-0.2, 0) is 0 Å². The maximum atomic E-state index is 12.2. The summed E-state index contributed by atoms with van der Waals surface area (Å²) in [7, 11) is 0. The van der Waals surface area contributed by atoms with Crippen LogP contribution in [0.25, 0.3) is 0 Å². The highest BCUT2D eigenvalue weighted by atomic mass is 32.2. The monoisotopic (exact) mass is 289 g/mol. The van der Waals surface area contributed by atoms with Gasteiger partial charge in [0, 0.05) is 9.77 Å². The van der Waals surface area contributed by atoms with Crippen molar-refractivity contribution in [3.8, 4) is 0 Å². The minimum atomic E-state index is -4.25. The molecule has 96 valence electrons. The van der Waals surface area contributed by atoms with Gasteiger partial charge in [-0.05, 0) is 40.9 Å². The van der Waals surface area contributed by atoms with Crippen molar-refractivity contribution in [3.63, 3.8) is 0 Å². The second kappa shape index (κ2) is 5.34. The highest BCUT2D eigenvalue weighted by Crippen LogP contribution is 2.37. The van der Waals surface area contributed by atoms with Crippen LogP contribution in [0, 0.1) is 0 Å². The quantitative estimate of drug-likeness (QED) is 0.847. The standard InChI is InChI=1S/C12H10F3NS2/c13-12(14,15)18-9-5-3-8(4-6-9)11(16)10-2-1-7-17-10/h1-7,11H,16H2/t11-/m1/s1. The molecule has 0 unspecified atom stereocenters. The van der Waals surface area contributed by atoms with Crippen LogP contribution in [0.2, 0.25) is 0 Å². The van der Waals surface area contributed by atoms with Gasteiger partial charge in [-0.3, -0.25) is 0 Å². The third-order valence-corrected chi connectivity index (χ3v) is 4.02. The van der Waals surface area contributed by atoms with Crippen LogP contribution in [0.4, 0.5) is 13.2 Å². The molecule has 1 atom stereocenters. The van der Waals surface area contributed by atoms with Gasteiger partial charge in [0.25, 0.3) is 0 Å². The van der Waals surface area contributed by atoms with E-state index in [-0.39, 0.29) is 22.7 Å². The van der Waals surface area contributed by atoms with Crippen molar-refractivity contribution < 1.29 is 13.2 Å². The summed E-state index contributed by atoms with van der Waals surface area (Å²) in [6.45, 7) is 0. The summed E-state index contributed by atoms with van der Waals surface area (Å²) in [6, 6.07) is 9.69. The van der Waals surface area contributed by atoms with Crippen molar-refractivity contribution >= 4 is 23.1 Å². The van der Waals surface area contributed by atoms with Crippen LogP contribution in [0.5, 0.6) is 0 Å². The fraction of sp³-hybridized carbons (Fsp3) is 0.167. The summed E-state index contributed by atoms with van der Waals surface area (Å²) in [5.41, 5.74) is 2.58. The number of thiophene rings is 1. The molecule has 0 saturated heterocycles. The van der Waals surface area contributed by atoms with Crippen molar-refractivity contribution in [2.45, 2.75) is 16.4 Å². The zero-order chi connectivity index (χ0) is 13.2. The van der Waals surface area contributed by atoms with Gasteiger partial charge in [0.2, 0.25) is 0 Å². The number of alkyl halides is 3. The first-order chi connectivity index (χ1) is 8.46. The molecule has 1 nitrogen and oxygen atoms in total. The van der Waals surface area contributed by atoms with Gasteiger partial charge in [0.05, 0.1) is 6.04 Å². The van der Waals surface area contributed by atoms with E-state index in [2.05, 4.69) is 0 Å². The predicted octanol–water partition coefficient (Wildman–Crippen LogP) is 4.41. The van der Waals surface area contributed by atoms with Gasteiger partial charge in [-0.15, -0.1) is 11.3 Å². The molecule has 1 aromatic carbocycles. The summed E-state index contributed by atoms with van der Waals surface area (Å²) < 4.78 is 36.5. The molecule has 18 heavy (non-hydrogen) atoms. The van der Waals surface area contributed by atoms with E-state index in [0.29, 0.717) is 0 Å². The van der Waals surface area contributed by atoms with Crippen molar-refractivity contribution in [3.05, 3.63) is 52.2 Å². The zero-order valence-corrected chi connectivity index (χ0v) is 10.8. The van der Waals surface area contributed by atoms with Gasteiger partial charge >= 0.3 is 5.51 Å². The molecule has 2 rings (SSSR count). The smallest absolute Gasteiger partial charge is 0.320 e. The number of thioether (sulfide) groups is 1. The average Bonchev–Trinajstić information content (AvgIpc) is 2.80. The first-order valence-electron chi connectivity index (χ1n) is 5.10. The molecule has 6 heteroatoms. The number of hydrogen-bond donors (Lipinski definition) is 1. The van der Waals surface area contributed by atoms with E-state index in [9.17, 15) is 13.2 Å². The normalized spacial score (nSPS) is 13.6. The lowest BCUT2D eigenvalue weighted by atomic mass is 10.1. The molecule has 2 aromatic rings. The molecular weight excluding hydrogens is 279 g/mol. The Morgan fingerprint density at radius 1 is 1.11 bits per heavy atom. The first kappa shape index (κ1) is 13.5. The molecule has 0 saturated carbocycles. The summed E-state index contributed by atoms with van der Waals surface area (Å²) in [5, 5.41) is 1.92. The third kappa shape index (κ3) is 3.51. The summed E-state index contributed by atoms with van der Waals surface area (Å²) in [5.74, 6) is 0. The predicted molar refractivity (Wildman–Crippen MR) is 68.7 cm³/mol. The second-order valence-electron chi connectivity index (χ2n) is 3.61. The van der Waals surface area contributed by atoms with Crippen LogP contribution >= 0.6 is 23.1 Å². The zero-order valence-electron chi connectivity index (χ0n) is 9.15. The third-order valence-electron chi connectivity index (χ3n) is 2.32. The Bertz CT molecular complexity index is 491. The molecule has 2 N–H and O–H groups in total. The van der Waals surface area contributed by atoms with Gasteiger partial charge in [-0.2, -0.15) is 13.2 Å². The molecular formula is C12H10F3NS2. The van der Waals surface area contributed by atoms with Crippen LogP contribution in [0.3, 0.4) is 0 Å². The van der Waals surface area contributed by atoms with E-state index < -0.39 is 5.51 Å². The number of nitrogens with two attached hydrogens (primary N) is 1. The summed E-state index contributed by atoms with van der Waals surface area (Å²) >= 11 is 1.41. The first-order valence-corrected chi connectivity index (χ1v) is 6.80. The van der Waals surface area contributed by atoms with E-state index in [0.717, 1.165) is 10.4 Å². The lowest BCUT2D eigenvalue weighted by Crippen LogP contribution is -2.09. The SMILES string of the molecule is N[C@H](c1ccc(SC(F)(F)F)cc1)c1cccs1. The molecule has 0 spiro atoms. The maximum absolute atomic E-state index is 12.2. The van der Waals surface area contributed by atoms with Crippen molar-refractivity contribution in [2.75, 3.05) is 0 Å². The Morgan fingerprint density at radius 3 is 2.28 bits per heavy atom. The molecule has 0 bridgehead atoms. The highest BCUT2D eigenvalue weighted by molar-refractivity contribution is 8.00. The fourth-order valence-electron chi connectivity index (χ4n) is 1.51. The largest absolute Gasteiger partial charge is 0.446 e. The van der Waals surface area contributed by atoms with Crippen molar-refractivity contribution in [1.29, 1.82) is 0 Å². The Kier molecular flexibility index (Phi) is 3.99. The maximum Gasteiger partial charge on any atom is 0.446 e. The molecule has 0 aliphatic rings. The number of hydrogen-bond acceptors (Lipinski definition) is 3. The van der Waals surface area contributed by atoms with Crippen LogP contribution in [-0.4, -0.2) is 5.51 Å². The minimum Gasteiger partial charge on any atom is -0.320 e. The van der Waals surface area contributed by atoms with Crippen LogP contribution in [0.1, 0.15) is 16.5 Å². The highest BCUT2D eigenvalue weighted by Gasteiger charge is 2.29. The summed E-state index contributed by atoms with van der Waals surface area (Å²) in [4.78, 5) is 1.16. The van der Waals surface area contributed by atoms with Gasteiger partial charge < -0.3 is 5.73 Å². The average molecular weight is 289 g/mol. The van der Waals surface area contributed by atoms with E-state index in [1.54, 1.807) is 12.1 Å². The van der Waals surface area contributed by atoms with Crippen molar-refractivity contribution in [2.24, 2.45) is 5.73 Å². The molecule has 0 aliphatic heterocycles. The topological polar surface area (TPSA) is 26.0 Å². The molecule has 0 amide bonds. The fourth-order valence-corrected chi connectivity index (χ4v) is 2.80. The van der Waals surface area contributed by atoms with Gasteiger partial charge in [-0.25, -0.2) is 0 Å². The number of benzene rings is 1.